The first-order valence-electron chi connectivity index (χ1n) is 7.77. The highest BCUT2D eigenvalue weighted by Crippen LogP contribution is 2.19. The van der Waals surface area contributed by atoms with E-state index in [1.165, 1.54) is 0 Å². The molecule has 1 fully saturated rings. The van der Waals surface area contributed by atoms with Crippen LogP contribution in [-0.2, 0) is 11.2 Å². The summed E-state index contributed by atoms with van der Waals surface area (Å²) in [6, 6.07) is 7.80. The lowest BCUT2D eigenvalue weighted by atomic mass is 9.97. The fourth-order valence-electron chi connectivity index (χ4n) is 2.71. The third-order valence-corrected chi connectivity index (χ3v) is 4.47. The molecule has 6 heteroatoms. The van der Waals surface area contributed by atoms with Crippen LogP contribution in [0.25, 0.3) is 0 Å². The van der Waals surface area contributed by atoms with Gasteiger partial charge in [-0.1, -0.05) is 35.9 Å². The van der Waals surface area contributed by atoms with Crippen LogP contribution in [0.1, 0.15) is 24.8 Å². The number of hydrogen-bond acceptors (Lipinski definition) is 3. The van der Waals surface area contributed by atoms with E-state index in [1.807, 2.05) is 41.3 Å². The van der Waals surface area contributed by atoms with Crippen molar-refractivity contribution < 1.29 is 9.90 Å². The fourth-order valence-corrected chi connectivity index (χ4v) is 2.94. The van der Waals surface area contributed by atoms with E-state index in [0.29, 0.717) is 31.8 Å². The van der Waals surface area contributed by atoms with Gasteiger partial charge in [0.2, 0.25) is 0 Å². The molecule has 0 radical (unpaired) electrons. The lowest BCUT2D eigenvalue weighted by molar-refractivity contribution is -0.143. The van der Waals surface area contributed by atoms with E-state index < -0.39 is 5.97 Å². The van der Waals surface area contributed by atoms with Crippen molar-refractivity contribution in [2.75, 3.05) is 13.1 Å². The van der Waals surface area contributed by atoms with Crippen molar-refractivity contribution in [1.82, 2.24) is 4.90 Å². The third-order valence-electron chi connectivity index (χ3n) is 4.11. The number of hydrazone groups is 1. The number of nitrogens with zero attached hydrogens (tertiary/aromatic N) is 2. The predicted molar refractivity (Wildman–Crippen MR) is 92.5 cm³/mol. The van der Waals surface area contributed by atoms with Crippen molar-refractivity contribution >= 4 is 23.4 Å². The van der Waals surface area contributed by atoms with Gasteiger partial charge in [-0.2, -0.15) is 5.10 Å². The standard InChI is InChI=1S/C17H22ClN3O2/c18-15-7-3-1-5-13(15)6-2-4-8-16(20-19)21-11-9-14(10-12-21)17(22)23/h1,3-5,7-8,14H,2,6,9-12,19H2,(H,22,23)/b8-4-,20-16+. The fraction of sp³-hybridized carbons (Fsp3) is 0.412. The zero-order valence-corrected chi connectivity index (χ0v) is 13.7. The van der Waals surface area contributed by atoms with Gasteiger partial charge in [-0.3, -0.25) is 4.79 Å². The zero-order chi connectivity index (χ0) is 16.7. The highest BCUT2D eigenvalue weighted by Gasteiger charge is 2.25. The van der Waals surface area contributed by atoms with E-state index in [2.05, 4.69) is 5.10 Å². The summed E-state index contributed by atoms with van der Waals surface area (Å²) in [5, 5.41) is 13.6. The summed E-state index contributed by atoms with van der Waals surface area (Å²) in [6.07, 6.45) is 6.88. The minimum atomic E-state index is -0.717. The van der Waals surface area contributed by atoms with Crippen molar-refractivity contribution in [2.45, 2.75) is 25.7 Å². The Morgan fingerprint density at radius 2 is 2.09 bits per heavy atom. The van der Waals surface area contributed by atoms with Gasteiger partial charge in [-0.05, 0) is 43.4 Å². The second-order valence-corrected chi connectivity index (χ2v) is 6.03. The quantitative estimate of drug-likeness (QED) is 0.375. The van der Waals surface area contributed by atoms with Crippen molar-refractivity contribution in [3.8, 4) is 0 Å². The van der Waals surface area contributed by atoms with E-state index in [4.69, 9.17) is 22.6 Å². The molecule has 1 aromatic carbocycles. The third kappa shape index (κ3) is 4.99. The average molecular weight is 336 g/mol. The summed E-state index contributed by atoms with van der Waals surface area (Å²) in [4.78, 5) is 13.0. The van der Waals surface area contributed by atoms with Gasteiger partial charge < -0.3 is 15.8 Å². The SMILES string of the molecule is N/N=C(\C=C/CCc1ccccc1Cl)N1CCC(C(=O)O)CC1. The lowest BCUT2D eigenvalue weighted by Gasteiger charge is -2.31. The molecular weight excluding hydrogens is 314 g/mol. The second-order valence-electron chi connectivity index (χ2n) is 5.62. The van der Waals surface area contributed by atoms with Gasteiger partial charge in [0.1, 0.15) is 5.84 Å². The second kappa shape index (κ2) is 8.58. The van der Waals surface area contributed by atoms with Gasteiger partial charge in [0.05, 0.1) is 5.92 Å². The van der Waals surface area contributed by atoms with Crippen LogP contribution in [0.15, 0.2) is 41.5 Å². The van der Waals surface area contributed by atoms with Crippen LogP contribution in [0.4, 0.5) is 0 Å². The number of benzene rings is 1. The Morgan fingerprint density at radius 1 is 1.39 bits per heavy atom. The smallest absolute Gasteiger partial charge is 0.306 e. The van der Waals surface area contributed by atoms with Crippen LogP contribution in [-0.4, -0.2) is 34.9 Å². The van der Waals surface area contributed by atoms with Crippen LogP contribution in [0.5, 0.6) is 0 Å². The molecule has 2 rings (SSSR count). The van der Waals surface area contributed by atoms with Crippen molar-refractivity contribution in [3.05, 3.63) is 47.0 Å². The molecule has 0 amide bonds. The Morgan fingerprint density at radius 3 is 2.70 bits per heavy atom. The normalized spacial score (nSPS) is 16.9. The first-order chi connectivity index (χ1) is 11.1. The number of piperidine rings is 1. The molecule has 0 bridgehead atoms. The van der Waals surface area contributed by atoms with Crippen LogP contribution in [0, 0.1) is 5.92 Å². The Bertz CT molecular complexity index is 593. The molecule has 0 spiro atoms. The lowest BCUT2D eigenvalue weighted by Crippen LogP contribution is -2.40. The highest BCUT2D eigenvalue weighted by molar-refractivity contribution is 6.31. The number of carboxylic acid groups (broad SMARTS) is 1. The van der Waals surface area contributed by atoms with Gasteiger partial charge in [-0.25, -0.2) is 0 Å². The number of likely N-dealkylation sites (tertiary alicyclic amines) is 1. The number of hydrogen-bond donors (Lipinski definition) is 2. The van der Waals surface area contributed by atoms with E-state index in [9.17, 15) is 4.79 Å². The number of halogens is 1. The molecule has 1 heterocycles. The number of aliphatic carboxylic acids is 1. The molecule has 5 nitrogen and oxygen atoms in total. The van der Waals surface area contributed by atoms with E-state index in [1.54, 1.807) is 0 Å². The summed E-state index contributed by atoms with van der Waals surface area (Å²) in [5.74, 6) is 5.20. The summed E-state index contributed by atoms with van der Waals surface area (Å²) >= 11 is 6.13. The summed E-state index contributed by atoms with van der Waals surface area (Å²) in [7, 11) is 0. The van der Waals surface area contributed by atoms with E-state index >= 15 is 0 Å². The number of allylic oxidation sites excluding steroid dienone is 1. The zero-order valence-electron chi connectivity index (χ0n) is 13.0. The van der Waals surface area contributed by atoms with Gasteiger partial charge in [0, 0.05) is 18.1 Å². The first kappa shape index (κ1) is 17.3. The maximum absolute atomic E-state index is 11.0. The van der Waals surface area contributed by atoms with Crippen molar-refractivity contribution in [2.24, 2.45) is 16.9 Å². The number of carboxylic acids is 1. The maximum Gasteiger partial charge on any atom is 0.306 e. The molecule has 1 aromatic rings. The number of nitrogens with two attached hydrogens (primary N) is 1. The van der Waals surface area contributed by atoms with Gasteiger partial charge in [0.25, 0.3) is 0 Å². The highest BCUT2D eigenvalue weighted by atomic mass is 35.5. The molecule has 124 valence electrons. The molecule has 23 heavy (non-hydrogen) atoms. The summed E-state index contributed by atoms with van der Waals surface area (Å²) in [6.45, 7) is 1.34. The minimum absolute atomic E-state index is 0.255. The van der Waals surface area contributed by atoms with Crippen molar-refractivity contribution in [3.63, 3.8) is 0 Å². The molecule has 0 aliphatic carbocycles. The van der Waals surface area contributed by atoms with Crippen LogP contribution in [0.2, 0.25) is 5.02 Å². The molecule has 0 aromatic heterocycles. The minimum Gasteiger partial charge on any atom is -0.481 e. The van der Waals surface area contributed by atoms with Gasteiger partial charge >= 0.3 is 5.97 Å². The Hall–Kier alpha value is -2.01. The first-order valence-corrected chi connectivity index (χ1v) is 8.15. The largest absolute Gasteiger partial charge is 0.481 e. The summed E-state index contributed by atoms with van der Waals surface area (Å²) in [5.41, 5.74) is 1.12. The van der Waals surface area contributed by atoms with E-state index in [0.717, 1.165) is 23.4 Å². The van der Waals surface area contributed by atoms with Crippen molar-refractivity contribution in [1.29, 1.82) is 0 Å². The summed E-state index contributed by atoms with van der Waals surface area (Å²) < 4.78 is 0. The van der Waals surface area contributed by atoms with E-state index in [-0.39, 0.29) is 5.92 Å². The molecule has 0 saturated carbocycles. The van der Waals surface area contributed by atoms with Crippen LogP contribution < -0.4 is 5.84 Å². The number of amidine groups is 1. The number of carbonyl (C=O) groups is 1. The van der Waals surface area contributed by atoms with Gasteiger partial charge in [-0.15, -0.1) is 0 Å². The Balaban J connectivity index is 1.83. The monoisotopic (exact) mass is 335 g/mol. The number of aryl methyl sites for hydroxylation is 1. The predicted octanol–water partition coefficient (Wildman–Crippen LogP) is 2.90. The Kier molecular flexibility index (Phi) is 6.47. The van der Waals surface area contributed by atoms with Crippen LogP contribution >= 0.6 is 11.6 Å². The molecule has 1 saturated heterocycles. The molecule has 0 atom stereocenters. The molecule has 0 unspecified atom stereocenters. The molecule has 1 aliphatic rings. The number of rotatable bonds is 5. The Labute approximate surface area is 141 Å². The maximum atomic E-state index is 11.0. The topological polar surface area (TPSA) is 78.9 Å². The van der Waals surface area contributed by atoms with Crippen LogP contribution in [0.3, 0.4) is 0 Å². The molecule has 3 N–H and O–H groups in total. The average Bonchev–Trinajstić information content (AvgIpc) is 2.56. The molecule has 1 aliphatic heterocycles. The van der Waals surface area contributed by atoms with Gasteiger partial charge in [0.15, 0.2) is 0 Å². The molecular formula is C17H22ClN3O2.